The Morgan fingerprint density at radius 3 is 1.44 bits per heavy atom. The highest BCUT2D eigenvalue weighted by molar-refractivity contribution is 6.09. The van der Waals surface area contributed by atoms with Gasteiger partial charge in [-0.3, -0.25) is 4.57 Å². The van der Waals surface area contributed by atoms with Crippen molar-refractivity contribution in [3.8, 4) is 62.1 Å². The minimum absolute atomic E-state index is 0.580. The van der Waals surface area contributed by atoms with Crippen LogP contribution in [0.25, 0.3) is 105 Å². The Balaban J connectivity index is 1.08. The zero-order chi connectivity index (χ0) is 37.7. The average molecular weight is 727 g/mol. The molecule has 0 saturated carbocycles. The van der Waals surface area contributed by atoms with Gasteiger partial charge in [0.25, 0.3) is 0 Å². The van der Waals surface area contributed by atoms with E-state index in [2.05, 4.69) is 211 Å². The minimum Gasteiger partial charge on any atom is -0.278 e. The van der Waals surface area contributed by atoms with Crippen LogP contribution in [0.1, 0.15) is 0 Å². The molecule has 0 spiro atoms. The summed E-state index contributed by atoms with van der Waals surface area (Å²) in [5, 5.41) is 7.05. The predicted octanol–water partition coefficient (Wildman–Crippen LogP) is 13.6. The van der Waals surface area contributed by atoms with Crippen LogP contribution in [0.2, 0.25) is 0 Å². The van der Waals surface area contributed by atoms with Crippen LogP contribution in [0, 0.1) is 0 Å². The topological polar surface area (TPSA) is 43.6 Å². The molecule has 0 aliphatic carbocycles. The summed E-state index contributed by atoms with van der Waals surface area (Å²) in [5.74, 6) is 1.81. The second kappa shape index (κ2) is 13.6. The number of aromatic nitrogens is 4. The van der Waals surface area contributed by atoms with Crippen LogP contribution in [-0.2, 0) is 0 Å². The maximum Gasteiger partial charge on any atom is 0.238 e. The molecule has 2 heterocycles. The highest BCUT2D eigenvalue weighted by atomic mass is 15.2. The van der Waals surface area contributed by atoms with Gasteiger partial charge in [0.05, 0.1) is 11.0 Å². The first-order valence-corrected chi connectivity index (χ1v) is 19.3. The Hall–Kier alpha value is -7.69. The van der Waals surface area contributed by atoms with Gasteiger partial charge < -0.3 is 0 Å². The molecule has 11 rings (SSSR count). The second-order valence-electron chi connectivity index (χ2n) is 14.4. The maximum absolute atomic E-state index is 5.24. The Morgan fingerprint density at radius 1 is 0.298 bits per heavy atom. The standard InChI is InChI=1S/C53H34N4/c1-3-13-35(14-4-1)41-31-25-36-26-32-42(34-43(36)33-41)52-54-51(55-53(56-52)57-48-23-9-7-19-46(48)47-20-8-10-24-49(47)57)40-29-27-38(28-30-40)45-22-12-18-39-17-11-21-44(50(39)45)37-15-5-2-6-16-37/h1-34H. The first-order chi connectivity index (χ1) is 28.2. The van der Waals surface area contributed by atoms with Crippen LogP contribution >= 0.6 is 0 Å². The van der Waals surface area contributed by atoms with Gasteiger partial charge in [0.2, 0.25) is 5.95 Å². The summed E-state index contributed by atoms with van der Waals surface area (Å²) in [6.07, 6.45) is 0. The number of rotatable bonds is 6. The molecular weight excluding hydrogens is 693 g/mol. The summed E-state index contributed by atoms with van der Waals surface area (Å²) < 4.78 is 2.17. The predicted molar refractivity (Wildman–Crippen MR) is 236 cm³/mol. The molecule has 57 heavy (non-hydrogen) atoms. The van der Waals surface area contributed by atoms with Crippen LogP contribution < -0.4 is 0 Å². The van der Waals surface area contributed by atoms with Gasteiger partial charge in [0, 0.05) is 21.9 Å². The van der Waals surface area contributed by atoms with Gasteiger partial charge in [-0.2, -0.15) is 9.97 Å². The largest absolute Gasteiger partial charge is 0.278 e. The smallest absolute Gasteiger partial charge is 0.238 e. The monoisotopic (exact) mass is 726 g/mol. The van der Waals surface area contributed by atoms with E-state index in [1.807, 2.05) is 0 Å². The van der Waals surface area contributed by atoms with E-state index in [1.165, 1.54) is 38.6 Å². The van der Waals surface area contributed by atoms with Crippen molar-refractivity contribution in [1.29, 1.82) is 0 Å². The van der Waals surface area contributed by atoms with Crippen LogP contribution in [0.15, 0.2) is 206 Å². The molecule has 2 aromatic heterocycles. The first-order valence-electron chi connectivity index (χ1n) is 19.3. The van der Waals surface area contributed by atoms with E-state index in [-0.39, 0.29) is 0 Å². The molecule has 0 saturated heterocycles. The SMILES string of the molecule is c1ccc(-c2ccc3ccc(-c4nc(-c5ccc(-c6cccc7cccc(-c8ccccc8)c67)cc5)nc(-n5c6ccccc6c6ccccc65)n4)cc3c2)cc1. The zero-order valence-corrected chi connectivity index (χ0v) is 30.9. The van der Waals surface area contributed by atoms with Gasteiger partial charge in [-0.15, -0.1) is 0 Å². The van der Waals surface area contributed by atoms with Gasteiger partial charge in [-0.05, 0) is 79.2 Å². The summed E-state index contributed by atoms with van der Waals surface area (Å²) in [5.41, 5.74) is 11.0. The fourth-order valence-electron chi connectivity index (χ4n) is 8.30. The molecule has 4 nitrogen and oxygen atoms in total. The van der Waals surface area contributed by atoms with E-state index >= 15 is 0 Å². The summed E-state index contributed by atoms with van der Waals surface area (Å²) in [6.45, 7) is 0. The van der Waals surface area contributed by atoms with E-state index < -0.39 is 0 Å². The van der Waals surface area contributed by atoms with Gasteiger partial charge in [0.1, 0.15) is 0 Å². The lowest BCUT2D eigenvalue weighted by Gasteiger charge is -2.14. The molecule has 0 radical (unpaired) electrons. The molecule has 0 fully saturated rings. The van der Waals surface area contributed by atoms with Gasteiger partial charge in [0.15, 0.2) is 11.6 Å². The highest BCUT2D eigenvalue weighted by Crippen LogP contribution is 2.38. The van der Waals surface area contributed by atoms with E-state index in [4.69, 9.17) is 15.0 Å². The summed E-state index contributed by atoms with van der Waals surface area (Å²) in [4.78, 5) is 15.7. The third kappa shape index (κ3) is 5.74. The van der Waals surface area contributed by atoms with Crippen molar-refractivity contribution in [3.63, 3.8) is 0 Å². The molecule has 266 valence electrons. The van der Waals surface area contributed by atoms with E-state index in [1.54, 1.807) is 0 Å². The van der Waals surface area contributed by atoms with Crippen molar-refractivity contribution >= 4 is 43.4 Å². The third-order valence-electron chi connectivity index (χ3n) is 11.1. The van der Waals surface area contributed by atoms with Crippen LogP contribution in [0.5, 0.6) is 0 Å². The third-order valence-corrected chi connectivity index (χ3v) is 11.1. The fraction of sp³-hybridized carbons (Fsp3) is 0. The van der Waals surface area contributed by atoms with Gasteiger partial charge in [-0.25, -0.2) is 4.98 Å². The number of fused-ring (bicyclic) bond motifs is 5. The molecule has 9 aromatic carbocycles. The van der Waals surface area contributed by atoms with Crippen LogP contribution in [0.4, 0.5) is 0 Å². The molecule has 11 aromatic rings. The molecule has 0 aliphatic heterocycles. The molecule has 0 N–H and O–H groups in total. The normalized spacial score (nSPS) is 11.5. The van der Waals surface area contributed by atoms with E-state index in [9.17, 15) is 0 Å². The summed E-state index contributed by atoms with van der Waals surface area (Å²) >= 11 is 0. The lowest BCUT2D eigenvalue weighted by molar-refractivity contribution is 0.953. The number of hydrogen-bond acceptors (Lipinski definition) is 3. The lowest BCUT2D eigenvalue weighted by Crippen LogP contribution is -2.06. The Bertz CT molecular complexity index is 3220. The first kappa shape index (κ1) is 32.7. The number of nitrogens with zero attached hydrogens (tertiary/aromatic N) is 4. The van der Waals surface area contributed by atoms with Crippen molar-refractivity contribution in [2.24, 2.45) is 0 Å². The molecule has 0 atom stereocenters. The second-order valence-corrected chi connectivity index (χ2v) is 14.4. The van der Waals surface area contributed by atoms with E-state index in [0.717, 1.165) is 49.3 Å². The van der Waals surface area contributed by atoms with Gasteiger partial charge in [-0.1, -0.05) is 182 Å². The van der Waals surface area contributed by atoms with E-state index in [0.29, 0.717) is 17.6 Å². The molecule has 4 heteroatoms. The number of benzene rings is 9. The Labute approximate surface area is 330 Å². The summed E-state index contributed by atoms with van der Waals surface area (Å²) in [6, 6.07) is 72.9. The lowest BCUT2D eigenvalue weighted by atomic mass is 9.91. The van der Waals surface area contributed by atoms with Crippen molar-refractivity contribution in [2.75, 3.05) is 0 Å². The molecule has 0 bridgehead atoms. The van der Waals surface area contributed by atoms with Crippen LogP contribution in [0.3, 0.4) is 0 Å². The van der Waals surface area contributed by atoms with Crippen molar-refractivity contribution in [3.05, 3.63) is 206 Å². The molecule has 0 aliphatic rings. The fourth-order valence-corrected chi connectivity index (χ4v) is 8.30. The number of hydrogen-bond donors (Lipinski definition) is 0. The Kier molecular flexibility index (Phi) is 7.78. The van der Waals surface area contributed by atoms with Gasteiger partial charge >= 0.3 is 0 Å². The van der Waals surface area contributed by atoms with Crippen molar-refractivity contribution < 1.29 is 0 Å². The number of para-hydroxylation sites is 2. The zero-order valence-electron chi connectivity index (χ0n) is 30.9. The molecule has 0 amide bonds. The molecular formula is C53H34N4. The van der Waals surface area contributed by atoms with Crippen LogP contribution in [-0.4, -0.2) is 19.5 Å². The van der Waals surface area contributed by atoms with Crippen molar-refractivity contribution in [1.82, 2.24) is 19.5 Å². The summed E-state index contributed by atoms with van der Waals surface area (Å²) in [7, 11) is 0. The highest BCUT2D eigenvalue weighted by Gasteiger charge is 2.18. The molecule has 0 unspecified atom stereocenters. The van der Waals surface area contributed by atoms with Crippen molar-refractivity contribution in [2.45, 2.75) is 0 Å². The maximum atomic E-state index is 5.24. The minimum atomic E-state index is 0.580. The Morgan fingerprint density at radius 2 is 0.789 bits per heavy atom. The quantitative estimate of drug-likeness (QED) is 0.171. The average Bonchev–Trinajstić information content (AvgIpc) is 3.63.